The molecule has 1 atom stereocenters. The Morgan fingerprint density at radius 1 is 1.36 bits per heavy atom. The lowest BCUT2D eigenvalue weighted by atomic mass is 10.1. The number of nitrogens with zero attached hydrogens (tertiary/aromatic N) is 1. The van der Waals surface area contributed by atoms with Gasteiger partial charge >= 0.3 is 0 Å². The van der Waals surface area contributed by atoms with E-state index in [0.29, 0.717) is 5.56 Å². The van der Waals surface area contributed by atoms with Crippen molar-refractivity contribution in [2.75, 3.05) is 0 Å². The fraction of sp³-hybridized carbons (Fsp3) is 0.278. The summed E-state index contributed by atoms with van der Waals surface area (Å²) in [6, 6.07) is 10.1. The average molecular weight is 299 g/mol. The second-order valence-corrected chi connectivity index (χ2v) is 5.56. The van der Waals surface area contributed by atoms with Gasteiger partial charge in [-0.05, 0) is 55.7 Å². The highest BCUT2D eigenvalue weighted by molar-refractivity contribution is 5.92. The number of hydrogen-bond donors (Lipinski definition) is 0. The monoisotopic (exact) mass is 299 g/mol. The minimum absolute atomic E-state index is 0.0735. The first-order valence-corrected chi connectivity index (χ1v) is 7.44. The third-order valence-corrected chi connectivity index (χ3v) is 3.83. The summed E-state index contributed by atoms with van der Waals surface area (Å²) in [6.07, 6.45) is 6.81. The molecule has 1 aromatic carbocycles. The van der Waals surface area contributed by atoms with Gasteiger partial charge in [-0.3, -0.25) is 4.79 Å². The maximum atomic E-state index is 13.2. The molecule has 1 unspecified atom stereocenters. The lowest BCUT2D eigenvalue weighted by Crippen LogP contribution is -2.34. The molecule has 0 aliphatic heterocycles. The summed E-state index contributed by atoms with van der Waals surface area (Å²) in [5.74, 6) is 0.396. The van der Waals surface area contributed by atoms with Crippen molar-refractivity contribution in [3.05, 3.63) is 65.9 Å². The maximum Gasteiger partial charge on any atom is 0.247 e. The lowest BCUT2D eigenvalue weighted by Gasteiger charge is -2.26. The van der Waals surface area contributed by atoms with Gasteiger partial charge in [0, 0.05) is 12.1 Å². The van der Waals surface area contributed by atoms with Crippen LogP contribution in [0.4, 0.5) is 4.39 Å². The number of hydrogen-bond acceptors (Lipinski definition) is 2. The van der Waals surface area contributed by atoms with Crippen molar-refractivity contribution in [3.63, 3.8) is 0 Å². The van der Waals surface area contributed by atoms with Crippen molar-refractivity contribution < 1.29 is 13.6 Å². The molecule has 22 heavy (non-hydrogen) atoms. The molecule has 0 radical (unpaired) electrons. The van der Waals surface area contributed by atoms with Crippen LogP contribution in [0.1, 0.15) is 37.1 Å². The summed E-state index contributed by atoms with van der Waals surface area (Å²) in [5, 5.41) is 0. The zero-order chi connectivity index (χ0) is 15.5. The molecule has 4 heteroatoms. The van der Waals surface area contributed by atoms with E-state index in [4.69, 9.17) is 4.42 Å². The normalized spacial score (nSPS) is 15.9. The SMILES string of the molecule is CC(c1ccco1)N(C(=O)/C=C/c1cccc(F)c1)C1CC1. The Balaban J connectivity index is 1.76. The predicted octanol–water partition coefficient (Wildman–Crippen LogP) is 4.18. The van der Waals surface area contributed by atoms with Crippen LogP contribution in [0.25, 0.3) is 6.08 Å². The zero-order valence-corrected chi connectivity index (χ0v) is 12.4. The first-order valence-electron chi connectivity index (χ1n) is 7.44. The van der Waals surface area contributed by atoms with Crippen LogP contribution in [-0.4, -0.2) is 16.8 Å². The molecule has 0 saturated heterocycles. The summed E-state index contributed by atoms with van der Waals surface area (Å²) in [7, 11) is 0. The third-order valence-electron chi connectivity index (χ3n) is 3.83. The number of amides is 1. The van der Waals surface area contributed by atoms with Crippen molar-refractivity contribution in [2.24, 2.45) is 0 Å². The molecule has 0 spiro atoms. The fourth-order valence-corrected chi connectivity index (χ4v) is 2.57. The van der Waals surface area contributed by atoms with Gasteiger partial charge in [-0.15, -0.1) is 0 Å². The molecule has 1 fully saturated rings. The van der Waals surface area contributed by atoms with Crippen molar-refractivity contribution in [1.82, 2.24) is 4.90 Å². The van der Waals surface area contributed by atoms with E-state index in [0.717, 1.165) is 18.6 Å². The van der Waals surface area contributed by atoms with Crippen LogP contribution in [0.2, 0.25) is 0 Å². The number of furan rings is 1. The number of benzene rings is 1. The second kappa shape index (κ2) is 6.18. The molecule has 114 valence electrons. The van der Waals surface area contributed by atoms with Gasteiger partial charge in [0.25, 0.3) is 0 Å². The minimum Gasteiger partial charge on any atom is -0.467 e. The van der Waals surface area contributed by atoms with Crippen molar-refractivity contribution in [3.8, 4) is 0 Å². The van der Waals surface area contributed by atoms with E-state index in [1.165, 1.54) is 18.2 Å². The van der Waals surface area contributed by atoms with E-state index in [1.54, 1.807) is 24.5 Å². The predicted molar refractivity (Wildman–Crippen MR) is 82.4 cm³/mol. The topological polar surface area (TPSA) is 33.5 Å². The summed E-state index contributed by atoms with van der Waals surface area (Å²) in [6.45, 7) is 1.96. The van der Waals surface area contributed by atoms with Gasteiger partial charge in [0.15, 0.2) is 0 Å². The lowest BCUT2D eigenvalue weighted by molar-refractivity contribution is -0.129. The van der Waals surface area contributed by atoms with E-state index < -0.39 is 0 Å². The Morgan fingerprint density at radius 2 is 2.18 bits per heavy atom. The van der Waals surface area contributed by atoms with E-state index >= 15 is 0 Å². The molecule has 1 aliphatic carbocycles. The number of rotatable bonds is 5. The number of carbonyl (C=O) groups excluding carboxylic acids is 1. The summed E-state index contributed by atoms with van der Waals surface area (Å²) < 4.78 is 18.6. The van der Waals surface area contributed by atoms with Gasteiger partial charge in [-0.2, -0.15) is 0 Å². The van der Waals surface area contributed by atoms with Gasteiger partial charge in [0.1, 0.15) is 11.6 Å². The highest BCUT2D eigenvalue weighted by atomic mass is 19.1. The highest BCUT2D eigenvalue weighted by Gasteiger charge is 2.36. The molecule has 3 rings (SSSR count). The van der Waals surface area contributed by atoms with Crippen LogP contribution in [0.5, 0.6) is 0 Å². The van der Waals surface area contributed by atoms with Crippen LogP contribution in [0.3, 0.4) is 0 Å². The molecular weight excluding hydrogens is 281 g/mol. The molecule has 0 bridgehead atoms. The van der Waals surface area contributed by atoms with Crippen LogP contribution in [-0.2, 0) is 4.79 Å². The molecule has 1 saturated carbocycles. The van der Waals surface area contributed by atoms with Crippen LogP contribution < -0.4 is 0 Å². The highest BCUT2D eigenvalue weighted by Crippen LogP contribution is 2.34. The minimum atomic E-state index is -0.308. The molecule has 1 aliphatic rings. The number of carbonyl (C=O) groups is 1. The van der Waals surface area contributed by atoms with Crippen LogP contribution >= 0.6 is 0 Å². The van der Waals surface area contributed by atoms with Gasteiger partial charge in [-0.25, -0.2) is 4.39 Å². The van der Waals surface area contributed by atoms with E-state index in [-0.39, 0.29) is 23.8 Å². The zero-order valence-electron chi connectivity index (χ0n) is 12.4. The van der Waals surface area contributed by atoms with Crippen LogP contribution in [0, 0.1) is 5.82 Å². The number of halogens is 1. The van der Waals surface area contributed by atoms with Gasteiger partial charge < -0.3 is 9.32 Å². The summed E-state index contributed by atoms with van der Waals surface area (Å²) >= 11 is 0. The smallest absolute Gasteiger partial charge is 0.247 e. The fourth-order valence-electron chi connectivity index (χ4n) is 2.57. The van der Waals surface area contributed by atoms with Gasteiger partial charge in [-0.1, -0.05) is 12.1 Å². The van der Waals surface area contributed by atoms with Crippen molar-refractivity contribution in [2.45, 2.75) is 31.8 Å². The largest absolute Gasteiger partial charge is 0.467 e. The van der Waals surface area contributed by atoms with Gasteiger partial charge in [0.2, 0.25) is 5.91 Å². The quantitative estimate of drug-likeness (QED) is 0.776. The van der Waals surface area contributed by atoms with Crippen molar-refractivity contribution in [1.29, 1.82) is 0 Å². The second-order valence-electron chi connectivity index (χ2n) is 5.56. The van der Waals surface area contributed by atoms with E-state index in [9.17, 15) is 9.18 Å². The molecule has 2 aromatic rings. The first-order chi connectivity index (χ1) is 10.6. The van der Waals surface area contributed by atoms with E-state index in [1.807, 2.05) is 24.0 Å². The molecular formula is C18H18FNO2. The Kier molecular flexibility index (Phi) is 4.09. The molecule has 0 N–H and O–H groups in total. The Morgan fingerprint density at radius 3 is 2.82 bits per heavy atom. The van der Waals surface area contributed by atoms with Crippen LogP contribution in [0.15, 0.2) is 53.2 Å². The van der Waals surface area contributed by atoms with Gasteiger partial charge in [0.05, 0.1) is 12.3 Å². The Bertz CT molecular complexity index is 674. The van der Waals surface area contributed by atoms with Crippen molar-refractivity contribution >= 4 is 12.0 Å². The first kappa shape index (κ1) is 14.6. The van der Waals surface area contributed by atoms with E-state index in [2.05, 4.69) is 0 Å². The standard InChI is InChI=1S/C18H18FNO2/c1-13(17-6-3-11-22-17)20(16-8-9-16)18(21)10-7-14-4-2-5-15(19)12-14/h2-7,10-13,16H,8-9H2,1H3/b10-7+. The maximum absolute atomic E-state index is 13.2. The molecule has 3 nitrogen and oxygen atoms in total. The Hall–Kier alpha value is -2.36. The molecule has 1 amide bonds. The average Bonchev–Trinajstić information content (AvgIpc) is 3.17. The molecule has 1 aromatic heterocycles. The third kappa shape index (κ3) is 3.27. The summed E-state index contributed by atoms with van der Waals surface area (Å²) in [4.78, 5) is 14.4. The molecule has 1 heterocycles. The Labute approximate surface area is 129 Å². The summed E-state index contributed by atoms with van der Waals surface area (Å²) in [5.41, 5.74) is 0.676.